The van der Waals surface area contributed by atoms with Crippen LogP contribution in [-0.2, 0) is 13.5 Å². The van der Waals surface area contributed by atoms with E-state index >= 15 is 0 Å². The third-order valence-electron chi connectivity index (χ3n) is 3.02. The van der Waals surface area contributed by atoms with Crippen LogP contribution < -0.4 is 10.1 Å². The van der Waals surface area contributed by atoms with E-state index < -0.39 is 0 Å². The summed E-state index contributed by atoms with van der Waals surface area (Å²) in [4.78, 5) is 1.25. The highest BCUT2D eigenvalue weighted by Gasteiger charge is 2.18. The van der Waals surface area contributed by atoms with Gasteiger partial charge < -0.3 is 10.1 Å². The number of nitrogens with one attached hydrogen (secondary N) is 1. The van der Waals surface area contributed by atoms with Gasteiger partial charge in [-0.05, 0) is 30.5 Å². The van der Waals surface area contributed by atoms with Crippen molar-refractivity contribution in [1.29, 1.82) is 0 Å². The van der Waals surface area contributed by atoms with Crippen molar-refractivity contribution in [2.75, 3.05) is 13.7 Å². The summed E-state index contributed by atoms with van der Waals surface area (Å²) in [6.07, 6.45) is 3.99. The summed E-state index contributed by atoms with van der Waals surface area (Å²) in [6.45, 7) is 3.18. The van der Waals surface area contributed by atoms with Gasteiger partial charge in [0.05, 0.1) is 23.7 Å². The third-order valence-corrected chi connectivity index (χ3v) is 4.03. The van der Waals surface area contributed by atoms with Crippen molar-refractivity contribution in [3.63, 3.8) is 0 Å². The maximum Gasteiger partial charge on any atom is 0.134 e. The topological polar surface area (TPSA) is 39.1 Å². The lowest BCUT2D eigenvalue weighted by Crippen LogP contribution is -2.24. The van der Waals surface area contributed by atoms with Crippen LogP contribution in [0, 0.1) is 0 Å². The van der Waals surface area contributed by atoms with E-state index in [2.05, 4.69) is 28.8 Å². The van der Waals surface area contributed by atoms with Gasteiger partial charge in [0.1, 0.15) is 5.75 Å². The van der Waals surface area contributed by atoms with Crippen LogP contribution in [0.2, 0.25) is 0 Å². The molecular weight excluding hydrogens is 258 g/mol. The minimum absolute atomic E-state index is 0.268. The molecule has 0 spiro atoms. The molecule has 0 aromatic carbocycles. The maximum absolute atomic E-state index is 5.43. The van der Waals surface area contributed by atoms with E-state index in [4.69, 9.17) is 4.74 Å². The lowest BCUT2D eigenvalue weighted by atomic mass is 10.1. The second kappa shape index (κ2) is 6.73. The van der Waals surface area contributed by atoms with Crippen molar-refractivity contribution in [2.45, 2.75) is 25.8 Å². The Morgan fingerprint density at radius 3 is 2.95 bits per heavy atom. The van der Waals surface area contributed by atoms with E-state index in [1.807, 2.05) is 24.0 Å². The number of hydrogen-bond acceptors (Lipinski definition) is 4. The summed E-state index contributed by atoms with van der Waals surface area (Å²) in [6, 6.07) is 4.37. The molecule has 19 heavy (non-hydrogen) atoms. The number of aryl methyl sites for hydroxylation is 1. The largest absolute Gasteiger partial charge is 0.496 e. The van der Waals surface area contributed by atoms with Crippen molar-refractivity contribution >= 4 is 11.3 Å². The first-order chi connectivity index (χ1) is 9.24. The smallest absolute Gasteiger partial charge is 0.134 e. The SMILES string of the molecule is CCCNC(Cc1ccn(C)n1)c1sccc1OC. The van der Waals surface area contributed by atoms with Gasteiger partial charge in [0.15, 0.2) is 0 Å². The van der Waals surface area contributed by atoms with Crippen molar-refractivity contribution < 1.29 is 4.74 Å². The highest BCUT2D eigenvalue weighted by Crippen LogP contribution is 2.32. The number of hydrogen-bond donors (Lipinski definition) is 1. The number of rotatable bonds is 7. The number of aromatic nitrogens is 2. The van der Waals surface area contributed by atoms with Gasteiger partial charge in [0.2, 0.25) is 0 Å². The summed E-state index contributed by atoms with van der Waals surface area (Å²) < 4.78 is 7.28. The molecule has 2 heterocycles. The standard InChI is InChI=1S/C14H21N3OS/c1-4-7-15-12(10-11-5-8-17(2)16-11)14-13(18-3)6-9-19-14/h5-6,8-9,12,15H,4,7,10H2,1-3H3. The van der Waals surface area contributed by atoms with Crippen LogP contribution in [0.1, 0.15) is 30.0 Å². The average molecular weight is 279 g/mol. The third kappa shape index (κ3) is 3.58. The summed E-state index contributed by atoms with van der Waals surface area (Å²) in [5.41, 5.74) is 1.10. The number of nitrogens with zero attached hydrogens (tertiary/aromatic N) is 2. The average Bonchev–Trinajstić information content (AvgIpc) is 3.03. The zero-order valence-electron chi connectivity index (χ0n) is 11.7. The molecule has 0 aliphatic carbocycles. The fraction of sp³-hybridized carbons (Fsp3) is 0.500. The van der Waals surface area contributed by atoms with E-state index in [0.717, 1.165) is 30.8 Å². The number of methoxy groups -OCH3 is 1. The van der Waals surface area contributed by atoms with Crippen molar-refractivity contribution in [1.82, 2.24) is 15.1 Å². The quantitative estimate of drug-likeness (QED) is 0.847. The molecule has 0 fully saturated rings. The lowest BCUT2D eigenvalue weighted by molar-refractivity contribution is 0.402. The van der Waals surface area contributed by atoms with E-state index in [1.165, 1.54) is 4.88 Å². The zero-order chi connectivity index (χ0) is 13.7. The van der Waals surface area contributed by atoms with Crippen LogP contribution in [0.3, 0.4) is 0 Å². The summed E-state index contributed by atoms with van der Waals surface area (Å²) in [5.74, 6) is 0.967. The first kappa shape index (κ1) is 14.1. The molecule has 2 aromatic rings. The van der Waals surface area contributed by atoms with Gasteiger partial charge in [-0.15, -0.1) is 11.3 Å². The molecule has 2 rings (SSSR count). The summed E-state index contributed by atoms with van der Waals surface area (Å²) in [7, 11) is 3.67. The molecule has 1 unspecified atom stereocenters. The Morgan fingerprint density at radius 1 is 1.47 bits per heavy atom. The van der Waals surface area contributed by atoms with Crippen LogP contribution in [0.5, 0.6) is 5.75 Å². The highest BCUT2D eigenvalue weighted by atomic mass is 32.1. The molecule has 0 saturated heterocycles. The molecule has 4 nitrogen and oxygen atoms in total. The normalized spacial score (nSPS) is 12.6. The second-order valence-corrected chi connectivity index (χ2v) is 5.49. The first-order valence-corrected chi connectivity index (χ1v) is 7.45. The van der Waals surface area contributed by atoms with E-state index in [1.54, 1.807) is 18.4 Å². The Bertz CT molecular complexity index is 506. The maximum atomic E-state index is 5.43. The monoisotopic (exact) mass is 279 g/mol. The Kier molecular flexibility index (Phi) is 4.99. The second-order valence-electron chi connectivity index (χ2n) is 4.54. The van der Waals surface area contributed by atoms with Gasteiger partial charge in [-0.2, -0.15) is 5.10 Å². The minimum Gasteiger partial charge on any atom is -0.496 e. The van der Waals surface area contributed by atoms with Gasteiger partial charge >= 0.3 is 0 Å². The Balaban J connectivity index is 2.15. The summed E-state index contributed by atoms with van der Waals surface area (Å²) >= 11 is 1.74. The van der Waals surface area contributed by atoms with E-state index in [0.29, 0.717) is 0 Å². The first-order valence-electron chi connectivity index (χ1n) is 6.58. The number of ether oxygens (including phenoxy) is 1. The lowest BCUT2D eigenvalue weighted by Gasteiger charge is -2.17. The van der Waals surface area contributed by atoms with E-state index in [-0.39, 0.29) is 6.04 Å². The van der Waals surface area contributed by atoms with Crippen molar-refractivity contribution in [3.8, 4) is 5.75 Å². The highest BCUT2D eigenvalue weighted by molar-refractivity contribution is 7.10. The molecular formula is C14H21N3OS. The zero-order valence-corrected chi connectivity index (χ0v) is 12.5. The fourth-order valence-electron chi connectivity index (χ4n) is 2.09. The Morgan fingerprint density at radius 2 is 2.32 bits per heavy atom. The van der Waals surface area contributed by atoms with Crippen LogP contribution in [-0.4, -0.2) is 23.4 Å². The summed E-state index contributed by atoms with van der Waals surface area (Å²) in [5, 5.41) is 10.1. The molecule has 1 N–H and O–H groups in total. The Hall–Kier alpha value is -1.33. The van der Waals surface area contributed by atoms with Gasteiger partial charge in [0.25, 0.3) is 0 Å². The molecule has 0 amide bonds. The molecule has 0 aliphatic rings. The van der Waals surface area contributed by atoms with Gasteiger partial charge in [-0.25, -0.2) is 0 Å². The molecule has 1 atom stereocenters. The van der Waals surface area contributed by atoms with Gasteiger partial charge in [-0.1, -0.05) is 6.92 Å². The van der Waals surface area contributed by atoms with Crippen molar-refractivity contribution in [3.05, 3.63) is 34.3 Å². The van der Waals surface area contributed by atoms with E-state index in [9.17, 15) is 0 Å². The minimum atomic E-state index is 0.268. The van der Waals surface area contributed by atoms with Gasteiger partial charge in [0, 0.05) is 19.7 Å². The predicted molar refractivity (Wildman–Crippen MR) is 78.8 cm³/mol. The molecule has 0 saturated carbocycles. The molecule has 104 valence electrons. The van der Waals surface area contributed by atoms with Crippen LogP contribution in [0.15, 0.2) is 23.7 Å². The molecule has 0 radical (unpaired) electrons. The fourth-order valence-corrected chi connectivity index (χ4v) is 3.03. The molecule has 5 heteroatoms. The molecule has 0 bridgehead atoms. The van der Waals surface area contributed by atoms with Gasteiger partial charge in [-0.3, -0.25) is 4.68 Å². The van der Waals surface area contributed by atoms with Crippen LogP contribution >= 0.6 is 11.3 Å². The number of thiophene rings is 1. The molecule has 0 aliphatic heterocycles. The van der Waals surface area contributed by atoms with Crippen molar-refractivity contribution in [2.24, 2.45) is 7.05 Å². The predicted octanol–water partition coefficient (Wildman–Crippen LogP) is 2.77. The van der Waals surface area contributed by atoms with Crippen LogP contribution in [0.25, 0.3) is 0 Å². The van der Waals surface area contributed by atoms with Crippen LogP contribution in [0.4, 0.5) is 0 Å². The Labute approximate surface area is 118 Å². The molecule has 2 aromatic heterocycles.